The summed E-state index contributed by atoms with van der Waals surface area (Å²) in [5.41, 5.74) is -0.828. The van der Waals surface area contributed by atoms with Crippen LogP contribution < -0.4 is 10.6 Å². The van der Waals surface area contributed by atoms with Crippen LogP contribution in [0.4, 0.5) is 4.79 Å². The van der Waals surface area contributed by atoms with Crippen LogP contribution in [0.3, 0.4) is 0 Å². The van der Waals surface area contributed by atoms with Crippen molar-refractivity contribution >= 4 is 11.9 Å². The minimum Gasteiger partial charge on any atom is -0.323 e. The lowest BCUT2D eigenvalue weighted by Crippen LogP contribution is -2.55. The van der Waals surface area contributed by atoms with Crippen LogP contribution in [-0.2, 0) is 17.9 Å². The van der Waals surface area contributed by atoms with Crippen LogP contribution in [0.15, 0.2) is 0 Å². The summed E-state index contributed by atoms with van der Waals surface area (Å²) in [7, 11) is 0. The Labute approximate surface area is 134 Å². The maximum absolute atomic E-state index is 12.1. The monoisotopic (exact) mass is 321 g/mol. The minimum absolute atomic E-state index is 0.0817. The third kappa shape index (κ3) is 3.05. The molecule has 126 valence electrons. The molecule has 9 heteroatoms. The molecule has 9 nitrogen and oxygen atoms in total. The summed E-state index contributed by atoms with van der Waals surface area (Å²) in [6.45, 7) is 7.04. The summed E-state index contributed by atoms with van der Waals surface area (Å²) in [6, 6.07) is -0.401. The molecule has 2 fully saturated rings. The number of tetrazole rings is 1. The Bertz CT molecular complexity index is 602. The van der Waals surface area contributed by atoms with E-state index in [2.05, 4.69) is 38.0 Å². The van der Waals surface area contributed by atoms with Crippen molar-refractivity contribution in [1.29, 1.82) is 0 Å². The van der Waals surface area contributed by atoms with Crippen LogP contribution in [0.25, 0.3) is 0 Å². The van der Waals surface area contributed by atoms with E-state index in [0.717, 1.165) is 44.7 Å². The SMILES string of the molecule is CCCn1nnnc1CN1CCC[C@H]([C@@]2(C)NC(=O)NC2=O)C1. The third-order valence-electron chi connectivity index (χ3n) is 4.80. The standard InChI is InChI=1S/C14H23N7O2/c1-3-6-21-11(17-18-19-21)9-20-7-4-5-10(8-20)14(2)12(22)15-13(23)16-14/h10H,3-9H2,1-2H3,(H2,15,16,22,23)/t10-,14+/m0/s1. The van der Waals surface area contributed by atoms with Crippen molar-refractivity contribution in [2.24, 2.45) is 5.92 Å². The van der Waals surface area contributed by atoms with Gasteiger partial charge in [-0.05, 0) is 43.2 Å². The molecule has 0 spiro atoms. The van der Waals surface area contributed by atoms with Crippen molar-refractivity contribution < 1.29 is 9.59 Å². The second-order valence-corrected chi connectivity index (χ2v) is 6.50. The van der Waals surface area contributed by atoms with Crippen LogP contribution in [0.2, 0.25) is 0 Å². The predicted molar refractivity (Wildman–Crippen MR) is 81.2 cm³/mol. The number of nitrogens with one attached hydrogen (secondary N) is 2. The molecule has 0 saturated carbocycles. The molecule has 2 aliphatic heterocycles. The van der Waals surface area contributed by atoms with Crippen molar-refractivity contribution in [2.45, 2.75) is 51.7 Å². The van der Waals surface area contributed by atoms with Gasteiger partial charge in [-0.15, -0.1) is 5.10 Å². The fourth-order valence-corrected chi connectivity index (χ4v) is 3.44. The molecule has 0 bridgehead atoms. The molecular weight excluding hydrogens is 298 g/mol. The van der Waals surface area contributed by atoms with Gasteiger partial charge in [0.25, 0.3) is 5.91 Å². The molecule has 0 aliphatic carbocycles. The molecule has 2 N–H and O–H groups in total. The summed E-state index contributed by atoms with van der Waals surface area (Å²) in [5, 5.41) is 17.0. The smallest absolute Gasteiger partial charge is 0.322 e. The zero-order valence-electron chi connectivity index (χ0n) is 13.6. The van der Waals surface area contributed by atoms with E-state index in [1.165, 1.54) is 0 Å². The van der Waals surface area contributed by atoms with Crippen LogP contribution >= 0.6 is 0 Å². The van der Waals surface area contributed by atoms with E-state index in [9.17, 15) is 9.59 Å². The predicted octanol–water partition coefficient (Wildman–Crippen LogP) is -0.107. The van der Waals surface area contributed by atoms with E-state index in [4.69, 9.17) is 0 Å². The quantitative estimate of drug-likeness (QED) is 0.733. The number of aryl methyl sites for hydroxylation is 1. The summed E-state index contributed by atoms with van der Waals surface area (Å²) in [6.07, 6.45) is 2.88. The van der Waals surface area contributed by atoms with Crippen molar-refractivity contribution in [3.63, 3.8) is 0 Å². The Kier molecular flexibility index (Phi) is 4.29. The number of hydrogen-bond acceptors (Lipinski definition) is 6. The molecule has 2 saturated heterocycles. The molecule has 23 heavy (non-hydrogen) atoms. The number of piperidine rings is 1. The van der Waals surface area contributed by atoms with E-state index in [-0.39, 0.29) is 11.8 Å². The molecule has 1 aromatic rings. The number of imide groups is 1. The summed E-state index contributed by atoms with van der Waals surface area (Å²) >= 11 is 0. The van der Waals surface area contributed by atoms with Gasteiger partial charge in [0.1, 0.15) is 5.54 Å². The number of hydrogen-bond donors (Lipinski definition) is 2. The Balaban J connectivity index is 1.68. The van der Waals surface area contributed by atoms with Gasteiger partial charge >= 0.3 is 6.03 Å². The largest absolute Gasteiger partial charge is 0.323 e. The maximum atomic E-state index is 12.1. The number of urea groups is 1. The number of likely N-dealkylation sites (tertiary alicyclic amines) is 1. The highest BCUT2D eigenvalue weighted by molar-refractivity contribution is 6.06. The number of rotatable bonds is 5. The van der Waals surface area contributed by atoms with Gasteiger partial charge in [-0.2, -0.15) is 0 Å². The van der Waals surface area contributed by atoms with Crippen molar-refractivity contribution in [3.8, 4) is 0 Å². The van der Waals surface area contributed by atoms with Gasteiger partial charge in [-0.1, -0.05) is 6.92 Å². The summed E-state index contributed by atoms with van der Waals surface area (Å²) in [4.78, 5) is 25.9. The Hall–Kier alpha value is -2.03. The van der Waals surface area contributed by atoms with Crippen LogP contribution in [0.5, 0.6) is 0 Å². The highest BCUT2D eigenvalue weighted by Gasteiger charge is 2.48. The van der Waals surface area contributed by atoms with Crippen LogP contribution in [0, 0.1) is 5.92 Å². The van der Waals surface area contributed by atoms with Gasteiger partial charge in [0.2, 0.25) is 0 Å². The molecule has 2 aliphatic rings. The van der Waals surface area contributed by atoms with Gasteiger partial charge in [0.15, 0.2) is 5.82 Å². The average Bonchev–Trinajstić information content (AvgIpc) is 3.05. The van der Waals surface area contributed by atoms with Gasteiger partial charge in [0, 0.05) is 19.0 Å². The first-order valence-corrected chi connectivity index (χ1v) is 8.14. The van der Waals surface area contributed by atoms with Crippen molar-refractivity contribution in [3.05, 3.63) is 5.82 Å². The van der Waals surface area contributed by atoms with E-state index in [1.54, 1.807) is 0 Å². The molecule has 0 unspecified atom stereocenters. The molecular formula is C14H23N7O2. The molecule has 3 amide bonds. The van der Waals surface area contributed by atoms with E-state index in [1.807, 2.05) is 11.6 Å². The Morgan fingerprint density at radius 3 is 2.91 bits per heavy atom. The minimum atomic E-state index is -0.828. The number of nitrogens with zero attached hydrogens (tertiary/aromatic N) is 5. The number of carbonyl (C=O) groups is 2. The van der Waals surface area contributed by atoms with E-state index >= 15 is 0 Å². The lowest BCUT2D eigenvalue weighted by Gasteiger charge is -2.39. The lowest BCUT2D eigenvalue weighted by molar-refractivity contribution is -0.126. The number of amides is 3. The van der Waals surface area contributed by atoms with Gasteiger partial charge in [-0.25, -0.2) is 9.48 Å². The Morgan fingerprint density at radius 2 is 2.22 bits per heavy atom. The zero-order valence-corrected chi connectivity index (χ0v) is 13.6. The van der Waals surface area contributed by atoms with Gasteiger partial charge < -0.3 is 5.32 Å². The van der Waals surface area contributed by atoms with Gasteiger partial charge in [-0.3, -0.25) is 15.0 Å². The second kappa shape index (κ2) is 6.23. The normalized spacial score (nSPS) is 28.7. The maximum Gasteiger partial charge on any atom is 0.322 e. The topological polar surface area (TPSA) is 105 Å². The second-order valence-electron chi connectivity index (χ2n) is 6.50. The highest BCUT2D eigenvalue weighted by atomic mass is 16.2. The van der Waals surface area contributed by atoms with Crippen LogP contribution in [0.1, 0.15) is 38.9 Å². The molecule has 2 atom stereocenters. The van der Waals surface area contributed by atoms with Crippen LogP contribution in [-0.4, -0.2) is 55.7 Å². The molecule has 3 heterocycles. The average molecular weight is 321 g/mol. The number of aromatic nitrogens is 4. The van der Waals surface area contributed by atoms with E-state index in [0.29, 0.717) is 6.54 Å². The fourth-order valence-electron chi connectivity index (χ4n) is 3.44. The van der Waals surface area contributed by atoms with Crippen molar-refractivity contribution in [2.75, 3.05) is 13.1 Å². The first-order chi connectivity index (χ1) is 11.0. The lowest BCUT2D eigenvalue weighted by atomic mass is 9.80. The zero-order chi connectivity index (χ0) is 16.4. The van der Waals surface area contributed by atoms with Gasteiger partial charge in [0.05, 0.1) is 6.54 Å². The van der Waals surface area contributed by atoms with E-state index < -0.39 is 11.6 Å². The Morgan fingerprint density at radius 1 is 1.39 bits per heavy atom. The molecule has 0 aromatic carbocycles. The third-order valence-corrected chi connectivity index (χ3v) is 4.80. The summed E-state index contributed by atoms with van der Waals surface area (Å²) < 4.78 is 1.83. The molecule has 1 aromatic heterocycles. The summed E-state index contributed by atoms with van der Waals surface area (Å²) in [5.74, 6) is 0.695. The first-order valence-electron chi connectivity index (χ1n) is 8.14. The highest BCUT2D eigenvalue weighted by Crippen LogP contribution is 2.30. The fraction of sp³-hybridized carbons (Fsp3) is 0.786. The molecule has 3 rings (SSSR count). The van der Waals surface area contributed by atoms with Crippen molar-refractivity contribution in [1.82, 2.24) is 35.7 Å². The first kappa shape index (κ1) is 15.9. The molecule has 0 radical (unpaired) electrons. The number of carbonyl (C=O) groups excluding carboxylic acids is 2.